The Kier molecular flexibility index (Phi) is 6.64. The monoisotopic (exact) mass is 461 g/mol. The van der Waals surface area contributed by atoms with E-state index in [0.717, 1.165) is 10.1 Å². The van der Waals surface area contributed by atoms with E-state index in [0.29, 0.717) is 5.69 Å². The highest BCUT2D eigenvalue weighted by molar-refractivity contribution is 6.05. The third-order valence-electron chi connectivity index (χ3n) is 5.13. The summed E-state index contributed by atoms with van der Waals surface area (Å²) in [6.45, 7) is 0.309. The summed E-state index contributed by atoms with van der Waals surface area (Å²) in [5.74, 6) is -0.745. The van der Waals surface area contributed by atoms with Crippen molar-refractivity contribution in [1.29, 1.82) is 0 Å². The topological polar surface area (TPSA) is 141 Å². The van der Waals surface area contributed by atoms with Crippen molar-refractivity contribution in [2.75, 3.05) is 24.4 Å². The SMILES string of the molecule is COCCn1c(N)c(N(Cc2ccccc2)C(=O)c2cnn(-c3ccccc3)n2)c(=O)[nH]c1=O. The van der Waals surface area contributed by atoms with E-state index in [2.05, 4.69) is 15.2 Å². The minimum atomic E-state index is -0.782. The van der Waals surface area contributed by atoms with Crippen LogP contribution in [-0.4, -0.2) is 44.2 Å². The summed E-state index contributed by atoms with van der Waals surface area (Å²) in [7, 11) is 1.48. The fraction of sp³-hybridized carbons (Fsp3) is 0.174. The molecule has 2 heterocycles. The summed E-state index contributed by atoms with van der Waals surface area (Å²) in [6, 6.07) is 18.2. The maximum Gasteiger partial charge on any atom is 0.330 e. The standard InChI is InChI=1S/C23H23N7O4/c1-34-13-12-28-20(24)19(21(31)26-23(28)33)29(15-16-8-4-2-5-9-16)22(32)18-14-25-30(27-18)17-10-6-3-7-11-17/h2-11,14H,12-13,15,24H2,1H3,(H,26,31,33). The Morgan fingerprint density at radius 3 is 2.44 bits per heavy atom. The van der Waals surface area contributed by atoms with E-state index >= 15 is 0 Å². The molecule has 0 unspecified atom stereocenters. The van der Waals surface area contributed by atoms with Gasteiger partial charge in [0.1, 0.15) is 5.82 Å². The van der Waals surface area contributed by atoms with Gasteiger partial charge in [0, 0.05) is 7.11 Å². The van der Waals surface area contributed by atoms with E-state index in [1.54, 1.807) is 12.1 Å². The average molecular weight is 461 g/mol. The molecule has 0 bridgehead atoms. The number of nitrogen functional groups attached to an aromatic ring is 1. The van der Waals surface area contributed by atoms with Crippen LogP contribution < -0.4 is 21.9 Å². The van der Waals surface area contributed by atoms with Crippen LogP contribution in [0.3, 0.4) is 0 Å². The zero-order valence-corrected chi connectivity index (χ0v) is 18.4. The lowest BCUT2D eigenvalue weighted by molar-refractivity contribution is 0.0979. The maximum atomic E-state index is 13.6. The number of hydrogen-bond donors (Lipinski definition) is 2. The first-order valence-electron chi connectivity index (χ1n) is 10.4. The Balaban J connectivity index is 1.80. The first-order valence-corrected chi connectivity index (χ1v) is 10.4. The van der Waals surface area contributed by atoms with Crippen molar-refractivity contribution in [3.8, 4) is 5.69 Å². The van der Waals surface area contributed by atoms with Gasteiger partial charge < -0.3 is 10.5 Å². The molecule has 11 heteroatoms. The highest BCUT2D eigenvalue weighted by Gasteiger charge is 2.27. The predicted octanol–water partition coefficient (Wildman–Crippen LogP) is 1.19. The summed E-state index contributed by atoms with van der Waals surface area (Å²) in [5, 5.41) is 8.47. The number of hydrogen-bond acceptors (Lipinski definition) is 7. The van der Waals surface area contributed by atoms with Gasteiger partial charge in [-0.1, -0.05) is 48.5 Å². The number of nitrogens with two attached hydrogens (primary N) is 1. The second-order valence-electron chi connectivity index (χ2n) is 7.37. The highest BCUT2D eigenvalue weighted by atomic mass is 16.5. The van der Waals surface area contributed by atoms with Gasteiger partial charge in [0.15, 0.2) is 11.4 Å². The second kappa shape index (κ2) is 9.96. The molecule has 0 saturated heterocycles. The van der Waals surface area contributed by atoms with Crippen LogP contribution in [0.4, 0.5) is 11.5 Å². The number of rotatable bonds is 8. The third-order valence-corrected chi connectivity index (χ3v) is 5.13. The summed E-state index contributed by atoms with van der Waals surface area (Å²) in [5.41, 5.74) is 6.05. The summed E-state index contributed by atoms with van der Waals surface area (Å²) in [6.07, 6.45) is 1.32. The number of carbonyl (C=O) groups is 1. The minimum Gasteiger partial charge on any atom is -0.383 e. The lowest BCUT2D eigenvalue weighted by Gasteiger charge is -2.24. The molecule has 4 rings (SSSR count). The van der Waals surface area contributed by atoms with Crippen LogP contribution in [0.2, 0.25) is 0 Å². The van der Waals surface area contributed by atoms with Crippen molar-refractivity contribution < 1.29 is 9.53 Å². The summed E-state index contributed by atoms with van der Waals surface area (Å²) in [4.78, 5) is 43.6. The van der Waals surface area contributed by atoms with E-state index in [4.69, 9.17) is 10.5 Å². The van der Waals surface area contributed by atoms with Gasteiger partial charge in [-0.2, -0.15) is 9.90 Å². The molecule has 0 saturated carbocycles. The molecule has 0 radical (unpaired) electrons. The van der Waals surface area contributed by atoms with Crippen molar-refractivity contribution >= 4 is 17.4 Å². The number of benzene rings is 2. The maximum absolute atomic E-state index is 13.6. The van der Waals surface area contributed by atoms with Crippen LogP contribution >= 0.6 is 0 Å². The number of nitrogens with one attached hydrogen (secondary N) is 1. The van der Waals surface area contributed by atoms with Crippen LogP contribution in [0.1, 0.15) is 16.1 Å². The molecule has 11 nitrogen and oxygen atoms in total. The van der Waals surface area contributed by atoms with Crippen molar-refractivity contribution in [2.45, 2.75) is 13.1 Å². The predicted molar refractivity (Wildman–Crippen MR) is 126 cm³/mol. The van der Waals surface area contributed by atoms with Crippen molar-refractivity contribution in [3.63, 3.8) is 0 Å². The molecule has 0 spiro atoms. The number of para-hydroxylation sites is 1. The van der Waals surface area contributed by atoms with Gasteiger partial charge in [-0.15, -0.1) is 5.10 Å². The molecular formula is C23H23N7O4. The Bertz CT molecular complexity index is 1390. The molecule has 1 amide bonds. The molecule has 2 aromatic carbocycles. The Morgan fingerprint density at radius 2 is 1.76 bits per heavy atom. The van der Waals surface area contributed by atoms with Crippen LogP contribution in [-0.2, 0) is 17.8 Å². The summed E-state index contributed by atoms with van der Waals surface area (Å²) >= 11 is 0. The normalized spacial score (nSPS) is 10.9. The molecular weight excluding hydrogens is 438 g/mol. The van der Waals surface area contributed by atoms with Crippen LogP contribution in [0, 0.1) is 0 Å². The molecule has 0 aliphatic heterocycles. The molecule has 34 heavy (non-hydrogen) atoms. The van der Waals surface area contributed by atoms with E-state index in [-0.39, 0.29) is 36.9 Å². The molecule has 0 fully saturated rings. The lowest BCUT2D eigenvalue weighted by Crippen LogP contribution is -2.41. The number of methoxy groups -OCH3 is 1. The van der Waals surface area contributed by atoms with Gasteiger partial charge >= 0.3 is 5.69 Å². The van der Waals surface area contributed by atoms with Crippen LogP contribution in [0.25, 0.3) is 5.69 Å². The first-order chi connectivity index (χ1) is 16.5. The number of nitrogens with zero attached hydrogens (tertiary/aromatic N) is 5. The van der Waals surface area contributed by atoms with Gasteiger partial charge in [0.25, 0.3) is 11.5 Å². The second-order valence-corrected chi connectivity index (χ2v) is 7.37. The molecule has 0 atom stereocenters. The highest BCUT2D eigenvalue weighted by Crippen LogP contribution is 2.21. The largest absolute Gasteiger partial charge is 0.383 e. The number of aromatic nitrogens is 5. The van der Waals surface area contributed by atoms with Crippen LogP contribution in [0.5, 0.6) is 0 Å². The van der Waals surface area contributed by atoms with Crippen molar-refractivity contribution in [3.05, 3.63) is 99.0 Å². The Labute approximate surface area is 194 Å². The van der Waals surface area contributed by atoms with Gasteiger partial charge in [-0.3, -0.25) is 24.0 Å². The first kappa shape index (κ1) is 22.7. The van der Waals surface area contributed by atoms with Crippen molar-refractivity contribution in [2.24, 2.45) is 0 Å². The molecule has 2 aromatic heterocycles. The fourth-order valence-corrected chi connectivity index (χ4v) is 3.45. The fourth-order valence-electron chi connectivity index (χ4n) is 3.45. The van der Waals surface area contributed by atoms with E-state index < -0.39 is 17.2 Å². The molecule has 174 valence electrons. The lowest BCUT2D eigenvalue weighted by atomic mass is 10.2. The van der Waals surface area contributed by atoms with E-state index in [1.165, 1.54) is 23.0 Å². The number of anilines is 2. The van der Waals surface area contributed by atoms with Crippen LogP contribution in [0.15, 0.2) is 76.4 Å². The summed E-state index contributed by atoms with van der Waals surface area (Å²) < 4.78 is 6.19. The average Bonchev–Trinajstić information content (AvgIpc) is 3.34. The smallest absolute Gasteiger partial charge is 0.330 e. The third kappa shape index (κ3) is 4.64. The number of carbonyl (C=O) groups excluding carboxylic acids is 1. The zero-order valence-electron chi connectivity index (χ0n) is 18.4. The Hall–Kier alpha value is -4.51. The van der Waals surface area contributed by atoms with E-state index in [1.807, 2.05) is 48.5 Å². The van der Waals surface area contributed by atoms with Crippen molar-refractivity contribution in [1.82, 2.24) is 24.5 Å². The molecule has 4 aromatic rings. The van der Waals surface area contributed by atoms with Gasteiger partial charge in [-0.05, 0) is 17.7 Å². The quantitative estimate of drug-likeness (QED) is 0.401. The Morgan fingerprint density at radius 1 is 1.09 bits per heavy atom. The van der Waals surface area contributed by atoms with Gasteiger partial charge in [0.2, 0.25) is 0 Å². The van der Waals surface area contributed by atoms with Gasteiger partial charge in [-0.25, -0.2) is 4.79 Å². The number of H-pyrrole nitrogens is 1. The minimum absolute atomic E-state index is 0.00762. The zero-order chi connectivity index (χ0) is 24.1. The molecule has 3 N–H and O–H groups in total. The van der Waals surface area contributed by atoms with E-state index in [9.17, 15) is 14.4 Å². The number of ether oxygens (including phenoxy) is 1. The molecule has 0 aliphatic rings. The number of amides is 1. The molecule has 0 aliphatic carbocycles. The number of aromatic amines is 1. The van der Waals surface area contributed by atoms with Gasteiger partial charge in [0.05, 0.1) is 31.6 Å².